The topological polar surface area (TPSA) is 54.0 Å². The highest BCUT2D eigenvalue weighted by atomic mass is 31.1. The maximum atomic E-state index is 14.0. The number of hydrogen-bond donors (Lipinski definition) is 0. The largest absolute Gasteiger partial charge is 0.497 e. The summed E-state index contributed by atoms with van der Waals surface area (Å²) in [5.74, 6) is 3.44. The van der Waals surface area contributed by atoms with Crippen molar-refractivity contribution in [2.45, 2.75) is 24.2 Å². The van der Waals surface area contributed by atoms with Crippen LogP contribution in [0, 0.1) is 0 Å². The van der Waals surface area contributed by atoms with Gasteiger partial charge in [-0.15, -0.1) is 0 Å². The lowest BCUT2D eigenvalue weighted by molar-refractivity contribution is -0.119. The van der Waals surface area contributed by atoms with Crippen LogP contribution in [-0.2, 0) is 4.79 Å². The number of carbonyl (C=O) groups is 1. The normalized spacial score (nSPS) is 17.1. The monoisotopic (exact) mass is 716 g/mol. The number of rotatable bonds is 9. The molecule has 0 spiro atoms. The molecule has 0 radical (unpaired) electrons. The number of benzene rings is 7. The second-order valence-corrected chi connectivity index (χ2v) is 15.9. The summed E-state index contributed by atoms with van der Waals surface area (Å²) >= 11 is 0. The molecule has 7 aromatic rings. The molecular weight excluding hydrogens is 675 g/mol. The molecule has 0 amide bonds. The molecular formula is C47H41O5P. The van der Waals surface area contributed by atoms with Crippen LogP contribution in [0.1, 0.15) is 35.3 Å². The molecule has 1 aliphatic heterocycles. The summed E-state index contributed by atoms with van der Waals surface area (Å²) in [5, 5.41) is 5.71. The van der Waals surface area contributed by atoms with Crippen LogP contribution in [-0.4, -0.2) is 34.2 Å². The maximum Gasteiger partial charge on any atom is 0.134 e. The molecule has 1 saturated heterocycles. The van der Waals surface area contributed by atoms with Crippen molar-refractivity contribution in [2.24, 2.45) is 0 Å². The Balaban J connectivity index is 1.52. The zero-order valence-electron chi connectivity index (χ0n) is 30.3. The summed E-state index contributed by atoms with van der Waals surface area (Å²) in [5.41, 5.74) is 6.38. The van der Waals surface area contributed by atoms with E-state index in [9.17, 15) is 4.79 Å². The Morgan fingerprint density at radius 3 is 1.32 bits per heavy atom. The van der Waals surface area contributed by atoms with E-state index in [1.807, 2.05) is 24.3 Å². The molecule has 2 atom stereocenters. The van der Waals surface area contributed by atoms with Gasteiger partial charge >= 0.3 is 0 Å². The molecule has 0 aliphatic carbocycles. The number of carbonyl (C=O) groups excluding carboxylic acids is 1. The van der Waals surface area contributed by atoms with Crippen molar-refractivity contribution in [1.82, 2.24) is 0 Å². The lowest BCUT2D eigenvalue weighted by Crippen LogP contribution is -2.26. The van der Waals surface area contributed by atoms with Crippen molar-refractivity contribution in [3.8, 4) is 45.3 Å². The highest BCUT2D eigenvalue weighted by Crippen LogP contribution is 2.68. The second-order valence-electron chi connectivity index (χ2n) is 13.4. The first kappa shape index (κ1) is 34.4. The average molecular weight is 717 g/mol. The predicted molar refractivity (Wildman–Crippen MR) is 218 cm³/mol. The summed E-state index contributed by atoms with van der Waals surface area (Å²) in [6.07, 6.45) is 0.885. The summed E-state index contributed by atoms with van der Waals surface area (Å²) in [4.78, 5) is 14.0. The molecule has 1 fully saturated rings. The van der Waals surface area contributed by atoms with Crippen LogP contribution in [0.4, 0.5) is 0 Å². The van der Waals surface area contributed by atoms with Gasteiger partial charge in [-0.3, -0.25) is 4.79 Å². The van der Waals surface area contributed by atoms with Crippen LogP contribution < -0.4 is 24.3 Å². The van der Waals surface area contributed by atoms with Gasteiger partial charge in [0.1, 0.15) is 28.8 Å². The zero-order chi connectivity index (χ0) is 36.5. The third-order valence-corrected chi connectivity index (χ3v) is 13.9. The van der Waals surface area contributed by atoms with Crippen molar-refractivity contribution in [3.63, 3.8) is 0 Å². The van der Waals surface area contributed by atoms with E-state index >= 15 is 0 Å². The van der Waals surface area contributed by atoms with Crippen LogP contribution in [0.5, 0.6) is 23.0 Å². The minimum Gasteiger partial charge on any atom is -0.497 e. The molecule has 53 heavy (non-hydrogen) atoms. The van der Waals surface area contributed by atoms with E-state index in [0.717, 1.165) is 77.9 Å². The van der Waals surface area contributed by atoms with Gasteiger partial charge in [0.2, 0.25) is 0 Å². The van der Waals surface area contributed by atoms with Crippen molar-refractivity contribution >= 4 is 40.6 Å². The van der Waals surface area contributed by atoms with Gasteiger partial charge in [-0.2, -0.15) is 0 Å². The molecule has 6 heteroatoms. The van der Waals surface area contributed by atoms with E-state index < -0.39 is 7.92 Å². The molecule has 7 aromatic carbocycles. The van der Waals surface area contributed by atoms with Gasteiger partial charge in [0.05, 0.1) is 28.4 Å². The third-order valence-electron chi connectivity index (χ3n) is 10.6. The fourth-order valence-corrected chi connectivity index (χ4v) is 11.8. The molecule has 5 nitrogen and oxygen atoms in total. The van der Waals surface area contributed by atoms with E-state index in [-0.39, 0.29) is 17.1 Å². The van der Waals surface area contributed by atoms with Crippen LogP contribution >= 0.6 is 7.92 Å². The summed E-state index contributed by atoms with van der Waals surface area (Å²) < 4.78 is 23.6. The Bertz CT molecular complexity index is 2270. The maximum absolute atomic E-state index is 14.0. The molecule has 1 heterocycles. The van der Waals surface area contributed by atoms with Gasteiger partial charge in [-0.25, -0.2) is 0 Å². The van der Waals surface area contributed by atoms with Crippen LogP contribution in [0.3, 0.4) is 0 Å². The number of fused-ring (bicyclic) bond motifs is 2. The molecule has 264 valence electrons. The second kappa shape index (κ2) is 14.8. The van der Waals surface area contributed by atoms with E-state index in [4.69, 9.17) is 18.9 Å². The van der Waals surface area contributed by atoms with E-state index in [1.165, 1.54) is 5.30 Å². The number of ketones is 1. The van der Waals surface area contributed by atoms with E-state index in [1.54, 1.807) is 28.4 Å². The lowest BCUT2D eigenvalue weighted by atomic mass is 9.92. The quantitative estimate of drug-likeness (QED) is 0.139. The highest BCUT2D eigenvalue weighted by molar-refractivity contribution is 7.67. The minimum absolute atomic E-state index is 0.0777. The fourth-order valence-electron chi connectivity index (χ4n) is 8.07. The van der Waals surface area contributed by atoms with Crippen molar-refractivity contribution in [2.75, 3.05) is 28.4 Å². The van der Waals surface area contributed by atoms with Crippen LogP contribution in [0.25, 0.3) is 43.8 Å². The van der Waals surface area contributed by atoms with E-state index in [2.05, 4.69) is 115 Å². The summed E-state index contributed by atoms with van der Waals surface area (Å²) in [6, 6.07) is 48.7. The van der Waals surface area contributed by atoms with E-state index in [0.29, 0.717) is 12.8 Å². The molecule has 2 unspecified atom stereocenters. The SMILES string of the molecule is COc1ccc(C2CC(=O)CC(c3ccc(OC)cc3)P2c2c(-c3c(OC)ccc4ccccc34)cccc2-c2c(OC)ccc3ccccc23)cc1. The van der Waals surface area contributed by atoms with Crippen LogP contribution in [0.2, 0.25) is 0 Å². The first-order chi connectivity index (χ1) is 26.0. The minimum atomic E-state index is -1.15. The number of Topliss-reactive ketones (excluding diaryl/α,β-unsaturated/α-hetero) is 1. The number of ether oxygens (including phenoxy) is 4. The Kier molecular flexibility index (Phi) is 9.60. The van der Waals surface area contributed by atoms with Gasteiger partial charge in [0.25, 0.3) is 0 Å². The molecule has 1 aliphatic rings. The Morgan fingerprint density at radius 1 is 0.472 bits per heavy atom. The van der Waals surface area contributed by atoms with Crippen LogP contribution in [0.15, 0.2) is 140 Å². The first-order valence-corrected chi connectivity index (χ1v) is 19.3. The molecule has 8 rings (SSSR count). The average Bonchev–Trinajstić information content (AvgIpc) is 3.22. The fraction of sp³-hybridized carbons (Fsp3) is 0.170. The molecule has 0 bridgehead atoms. The molecule has 0 saturated carbocycles. The summed E-state index contributed by atoms with van der Waals surface area (Å²) in [7, 11) is 5.71. The first-order valence-electron chi connectivity index (χ1n) is 17.9. The molecule has 0 N–H and O–H groups in total. The summed E-state index contributed by atoms with van der Waals surface area (Å²) in [6.45, 7) is 0. The smallest absolute Gasteiger partial charge is 0.134 e. The van der Waals surface area contributed by atoms with Crippen molar-refractivity contribution in [1.29, 1.82) is 0 Å². The standard InChI is InChI=1S/C47H41O5P/c1-49-35-22-16-32(17-23-35)43-28-34(48)29-44(33-18-24-36(50-2)25-19-33)53(43)47-39(45-37-12-7-5-10-30(37)20-26-41(45)51-3)14-9-15-40(47)46-38-13-8-6-11-31(38)21-27-42(46)52-4/h5-27,43-44H,28-29H2,1-4H3. The van der Waals surface area contributed by atoms with Gasteiger partial charge in [0, 0.05) is 35.3 Å². The lowest BCUT2D eigenvalue weighted by Gasteiger charge is -2.41. The Morgan fingerprint density at radius 2 is 0.906 bits per heavy atom. The van der Waals surface area contributed by atoms with Gasteiger partial charge < -0.3 is 18.9 Å². The van der Waals surface area contributed by atoms with Crippen molar-refractivity contribution in [3.05, 3.63) is 151 Å². The highest BCUT2D eigenvalue weighted by Gasteiger charge is 2.42. The zero-order valence-corrected chi connectivity index (χ0v) is 31.2. The van der Waals surface area contributed by atoms with Gasteiger partial charge in [-0.1, -0.05) is 111 Å². The predicted octanol–water partition coefficient (Wildman–Crippen LogP) is 11.3. The van der Waals surface area contributed by atoms with Gasteiger partial charge in [-0.05, 0) is 85.5 Å². The number of hydrogen-bond acceptors (Lipinski definition) is 5. The Hall–Kier alpha value is -5.64. The third kappa shape index (κ3) is 6.30. The number of methoxy groups -OCH3 is 4. The Labute approximate surface area is 311 Å². The van der Waals surface area contributed by atoms with Crippen molar-refractivity contribution < 1.29 is 23.7 Å². The van der Waals surface area contributed by atoms with Gasteiger partial charge in [0.15, 0.2) is 0 Å². The molecule has 0 aromatic heterocycles.